The fourth-order valence-corrected chi connectivity index (χ4v) is 1.55. The number of halogens is 1. The van der Waals surface area contributed by atoms with Crippen LogP contribution in [0.1, 0.15) is 18.4 Å². The Labute approximate surface area is 103 Å². The van der Waals surface area contributed by atoms with Gasteiger partial charge in [0.25, 0.3) is 5.91 Å². The molecule has 1 heterocycles. The topological polar surface area (TPSA) is 70.6 Å². The van der Waals surface area contributed by atoms with Crippen LogP contribution in [0.5, 0.6) is 0 Å². The second-order valence-electron chi connectivity index (χ2n) is 4.03. The highest BCUT2D eigenvalue weighted by Gasteiger charge is 2.19. The van der Waals surface area contributed by atoms with E-state index in [1.54, 1.807) is 13.0 Å². The van der Waals surface area contributed by atoms with E-state index in [-0.39, 0.29) is 30.1 Å². The molecular weight excluding hydrogens is 237 g/mol. The van der Waals surface area contributed by atoms with Crippen molar-refractivity contribution in [3.8, 4) is 0 Å². The molecule has 2 N–H and O–H groups in total. The van der Waals surface area contributed by atoms with E-state index >= 15 is 0 Å². The van der Waals surface area contributed by atoms with Crippen LogP contribution in [-0.2, 0) is 9.59 Å². The summed E-state index contributed by atoms with van der Waals surface area (Å²) in [6.45, 7) is 1.76. The summed E-state index contributed by atoms with van der Waals surface area (Å²) >= 11 is 0. The van der Waals surface area contributed by atoms with Gasteiger partial charge in [0, 0.05) is 12.8 Å². The predicted octanol–water partition coefficient (Wildman–Crippen LogP) is 1.34. The molecule has 94 valence electrons. The zero-order valence-electron chi connectivity index (χ0n) is 9.79. The molecule has 0 saturated heterocycles. The molecule has 0 saturated carbocycles. The highest BCUT2D eigenvalue weighted by Crippen LogP contribution is 2.15. The van der Waals surface area contributed by atoms with Crippen molar-refractivity contribution in [1.29, 1.82) is 0 Å². The zero-order valence-corrected chi connectivity index (χ0v) is 9.79. The van der Waals surface area contributed by atoms with Crippen molar-refractivity contribution in [2.24, 2.45) is 5.10 Å². The van der Waals surface area contributed by atoms with Crippen molar-refractivity contribution >= 4 is 23.2 Å². The van der Waals surface area contributed by atoms with E-state index in [1.165, 1.54) is 12.1 Å². The Hall–Kier alpha value is -2.24. The van der Waals surface area contributed by atoms with E-state index in [0.29, 0.717) is 0 Å². The first-order valence-electron chi connectivity index (χ1n) is 5.49. The Bertz CT molecular complexity index is 540. The first kappa shape index (κ1) is 12.2. The Morgan fingerprint density at radius 2 is 2.22 bits per heavy atom. The lowest BCUT2D eigenvalue weighted by atomic mass is 10.1. The molecule has 0 unspecified atom stereocenters. The fourth-order valence-electron chi connectivity index (χ4n) is 1.55. The Morgan fingerprint density at radius 1 is 1.44 bits per heavy atom. The average Bonchev–Trinajstić information content (AvgIpc) is 2.33. The molecule has 0 atom stereocenters. The summed E-state index contributed by atoms with van der Waals surface area (Å²) in [6, 6.07) is 4.52. The minimum Gasteiger partial charge on any atom is -0.318 e. The number of anilines is 1. The highest BCUT2D eigenvalue weighted by molar-refractivity contribution is 6.43. The van der Waals surface area contributed by atoms with E-state index < -0.39 is 11.7 Å². The molecular formula is C12H12FN3O2. The van der Waals surface area contributed by atoms with Crippen molar-refractivity contribution in [1.82, 2.24) is 5.43 Å². The van der Waals surface area contributed by atoms with Gasteiger partial charge in [0.15, 0.2) is 0 Å². The van der Waals surface area contributed by atoms with Crippen LogP contribution >= 0.6 is 0 Å². The molecule has 0 spiro atoms. The molecule has 2 amide bonds. The summed E-state index contributed by atoms with van der Waals surface area (Å²) in [5.74, 6) is -1.23. The van der Waals surface area contributed by atoms with Crippen molar-refractivity contribution in [3.05, 3.63) is 29.6 Å². The van der Waals surface area contributed by atoms with Gasteiger partial charge in [-0.3, -0.25) is 9.59 Å². The lowest BCUT2D eigenvalue weighted by molar-refractivity contribution is -0.121. The van der Waals surface area contributed by atoms with Crippen LogP contribution in [0, 0.1) is 12.7 Å². The summed E-state index contributed by atoms with van der Waals surface area (Å²) in [6.07, 6.45) is 0.466. The van der Waals surface area contributed by atoms with Crippen LogP contribution in [0.4, 0.5) is 10.1 Å². The van der Waals surface area contributed by atoms with E-state index in [0.717, 1.165) is 5.56 Å². The minimum absolute atomic E-state index is 0.102. The highest BCUT2D eigenvalue weighted by atomic mass is 19.1. The Morgan fingerprint density at radius 3 is 2.83 bits per heavy atom. The van der Waals surface area contributed by atoms with Crippen molar-refractivity contribution in [2.75, 3.05) is 5.32 Å². The van der Waals surface area contributed by atoms with Crippen LogP contribution in [0.2, 0.25) is 0 Å². The first-order chi connectivity index (χ1) is 8.56. The van der Waals surface area contributed by atoms with Gasteiger partial charge in [-0.25, -0.2) is 9.82 Å². The van der Waals surface area contributed by atoms with Gasteiger partial charge < -0.3 is 5.32 Å². The standard InChI is InChI=1S/C12H12FN3O2/c1-7-2-3-9(8(13)6-7)14-12(18)10-4-5-11(17)16-15-10/h2-3,6H,4-5H2,1H3,(H,14,18)(H,16,17). The summed E-state index contributed by atoms with van der Waals surface area (Å²) in [5.41, 5.74) is 3.28. The number of carbonyl (C=O) groups excluding carboxylic acids is 2. The van der Waals surface area contributed by atoms with Crippen LogP contribution in [0.3, 0.4) is 0 Å². The van der Waals surface area contributed by atoms with Crippen LogP contribution < -0.4 is 10.7 Å². The Kier molecular flexibility index (Phi) is 3.36. The van der Waals surface area contributed by atoms with Gasteiger partial charge in [0.1, 0.15) is 11.5 Å². The number of benzene rings is 1. The maximum atomic E-state index is 13.5. The van der Waals surface area contributed by atoms with Gasteiger partial charge in [-0.15, -0.1) is 0 Å². The largest absolute Gasteiger partial charge is 0.318 e. The third kappa shape index (κ3) is 2.71. The second-order valence-corrected chi connectivity index (χ2v) is 4.03. The molecule has 1 aliphatic rings. The molecule has 0 radical (unpaired) electrons. The molecule has 5 nitrogen and oxygen atoms in total. The van der Waals surface area contributed by atoms with Gasteiger partial charge in [-0.2, -0.15) is 5.10 Å². The number of nitrogens with zero attached hydrogens (tertiary/aromatic N) is 1. The van der Waals surface area contributed by atoms with Gasteiger partial charge >= 0.3 is 0 Å². The normalized spacial score (nSPS) is 14.8. The number of carbonyl (C=O) groups is 2. The number of hydrazone groups is 1. The minimum atomic E-state index is -0.502. The maximum Gasteiger partial charge on any atom is 0.271 e. The molecule has 1 aromatic carbocycles. The number of rotatable bonds is 2. The smallest absolute Gasteiger partial charge is 0.271 e. The van der Waals surface area contributed by atoms with Gasteiger partial charge in [-0.05, 0) is 24.6 Å². The number of aryl methyl sites for hydroxylation is 1. The maximum absolute atomic E-state index is 13.5. The van der Waals surface area contributed by atoms with E-state index in [2.05, 4.69) is 15.8 Å². The van der Waals surface area contributed by atoms with Gasteiger partial charge in [-0.1, -0.05) is 6.07 Å². The second kappa shape index (κ2) is 4.95. The fraction of sp³-hybridized carbons (Fsp3) is 0.250. The van der Waals surface area contributed by atoms with E-state index in [1.807, 2.05) is 0 Å². The lowest BCUT2D eigenvalue weighted by Crippen LogP contribution is -2.32. The van der Waals surface area contributed by atoms with Gasteiger partial charge in [0.05, 0.1) is 5.69 Å². The summed E-state index contributed by atoms with van der Waals surface area (Å²) in [5, 5.41) is 6.06. The predicted molar refractivity (Wildman–Crippen MR) is 64.6 cm³/mol. The van der Waals surface area contributed by atoms with Crippen LogP contribution in [-0.4, -0.2) is 17.5 Å². The van der Waals surface area contributed by atoms with Crippen LogP contribution in [0.25, 0.3) is 0 Å². The zero-order chi connectivity index (χ0) is 13.1. The summed E-state index contributed by atoms with van der Waals surface area (Å²) in [7, 11) is 0. The first-order valence-corrected chi connectivity index (χ1v) is 5.49. The monoisotopic (exact) mass is 249 g/mol. The average molecular weight is 249 g/mol. The molecule has 1 aliphatic heterocycles. The number of hydrogen-bond acceptors (Lipinski definition) is 3. The molecule has 1 aromatic rings. The molecule has 18 heavy (non-hydrogen) atoms. The summed E-state index contributed by atoms with van der Waals surface area (Å²) in [4.78, 5) is 22.6. The summed E-state index contributed by atoms with van der Waals surface area (Å²) < 4.78 is 13.5. The van der Waals surface area contributed by atoms with Crippen LogP contribution in [0.15, 0.2) is 23.3 Å². The Balaban J connectivity index is 2.09. The van der Waals surface area contributed by atoms with Crippen molar-refractivity contribution in [3.63, 3.8) is 0 Å². The molecule has 0 aliphatic carbocycles. The molecule has 0 aromatic heterocycles. The SMILES string of the molecule is Cc1ccc(NC(=O)C2=NNC(=O)CC2)c(F)c1. The van der Waals surface area contributed by atoms with Gasteiger partial charge in [0.2, 0.25) is 5.91 Å². The lowest BCUT2D eigenvalue weighted by Gasteiger charge is -2.12. The number of hydrogen-bond donors (Lipinski definition) is 2. The van der Waals surface area contributed by atoms with E-state index in [9.17, 15) is 14.0 Å². The third-order valence-electron chi connectivity index (χ3n) is 2.54. The van der Waals surface area contributed by atoms with E-state index in [4.69, 9.17) is 0 Å². The van der Waals surface area contributed by atoms with Crippen molar-refractivity contribution in [2.45, 2.75) is 19.8 Å². The number of nitrogens with one attached hydrogen (secondary N) is 2. The van der Waals surface area contributed by atoms with Crippen molar-refractivity contribution < 1.29 is 14.0 Å². The third-order valence-corrected chi connectivity index (χ3v) is 2.54. The number of amides is 2. The molecule has 0 fully saturated rings. The molecule has 6 heteroatoms. The molecule has 2 rings (SSSR count). The quantitative estimate of drug-likeness (QED) is 0.830. The molecule has 0 bridgehead atoms.